The number of H-pyrrole nitrogens is 1. The highest BCUT2D eigenvalue weighted by molar-refractivity contribution is 7.25. The number of para-hydroxylation sites is 1. The molecular weight excluding hydrogens is 563 g/mol. The smallest absolute Gasteiger partial charge is 0.361 e. The molecule has 0 aliphatic rings. The molecule has 224 valence electrons. The summed E-state index contributed by atoms with van der Waals surface area (Å²) >= 11 is 0. The number of hydrogen-bond donors (Lipinski definition) is 2. The Morgan fingerprint density at radius 2 is 1.61 bits per heavy atom. The van der Waals surface area contributed by atoms with Crippen LogP contribution in [0.4, 0.5) is 26.3 Å². The van der Waals surface area contributed by atoms with Gasteiger partial charge in [-0.05, 0) is 73.8 Å². The molecule has 0 bridgehead atoms. The van der Waals surface area contributed by atoms with E-state index >= 15 is 0 Å². The summed E-state index contributed by atoms with van der Waals surface area (Å²) in [6, 6.07) is 9.28. The van der Waals surface area contributed by atoms with Gasteiger partial charge < -0.3 is 10.4 Å². The van der Waals surface area contributed by atoms with Crippen molar-refractivity contribution in [1.82, 2.24) is 9.88 Å². The molecule has 0 spiro atoms. The van der Waals surface area contributed by atoms with Crippen LogP contribution in [0.3, 0.4) is 0 Å². The summed E-state index contributed by atoms with van der Waals surface area (Å²) in [6.07, 6.45) is -4.63. The summed E-state index contributed by atoms with van der Waals surface area (Å²) in [5, 5.41) is 10.6. The van der Waals surface area contributed by atoms with Crippen molar-refractivity contribution < 1.29 is 31.1 Å². The molecule has 0 aliphatic carbocycles. The Kier molecular flexibility index (Phi) is 12.3. The predicted molar refractivity (Wildman–Crippen MR) is 156 cm³/mol. The first-order chi connectivity index (χ1) is 19.1. The highest BCUT2D eigenvalue weighted by Crippen LogP contribution is 2.36. The summed E-state index contributed by atoms with van der Waals surface area (Å²) in [5.41, 5.74) is -0.275. The molecule has 11 heteroatoms. The summed E-state index contributed by atoms with van der Waals surface area (Å²) < 4.78 is 73.9. The number of fused-ring (bicyclic) bond motifs is 1. The van der Waals surface area contributed by atoms with E-state index in [1.165, 1.54) is 16.5 Å². The molecule has 2 N–H and O–H groups in total. The first-order valence-corrected chi connectivity index (χ1v) is 13.8. The number of nitrogens with zero attached hydrogens (tertiary/aromatic N) is 1. The van der Waals surface area contributed by atoms with Crippen molar-refractivity contribution in [1.29, 1.82) is 5.41 Å². The van der Waals surface area contributed by atoms with Crippen LogP contribution in [-0.2, 0) is 18.8 Å². The molecule has 0 saturated heterocycles. The van der Waals surface area contributed by atoms with Gasteiger partial charge in [0.2, 0.25) is 0 Å². The van der Waals surface area contributed by atoms with E-state index in [4.69, 9.17) is 5.41 Å². The van der Waals surface area contributed by atoms with Gasteiger partial charge in [0.1, 0.15) is 0 Å². The van der Waals surface area contributed by atoms with Gasteiger partial charge in [0.25, 0.3) is 0 Å². The van der Waals surface area contributed by atoms with Crippen LogP contribution in [0.15, 0.2) is 48.7 Å². The molecule has 1 aromatic heterocycles. The fourth-order valence-electron chi connectivity index (χ4n) is 4.42. The van der Waals surface area contributed by atoms with Crippen molar-refractivity contribution in [3.63, 3.8) is 0 Å². The Morgan fingerprint density at radius 1 is 1.02 bits per heavy atom. The summed E-state index contributed by atoms with van der Waals surface area (Å²) in [5.74, 6) is -0.301. The largest absolute Gasteiger partial charge is 0.416 e. The fourth-order valence-corrected chi connectivity index (χ4v) is 4.50. The Balaban J connectivity index is 0.000000305. The van der Waals surface area contributed by atoms with E-state index in [-0.39, 0.29) is 6.07 Å². The topological polar surface area (TPSA) is 60.0 Å². The van der Waals surface area contributed by atoms with Crippen molar-refractivity contribution in [3.8, 4) is 0 Å². The molecule has 0 fully saturated rings. The lowest BCUT2D eigenvalue weighted by Crippen LogP contribution is -2.36. The molecule has 3 rings (SSSR count). The number of benzene rings is 2. The van der Waals surface area contributed by atoms with Crippen LogP contribution in [0.1, 0.15) is 67.6 Å². The van der Waals surface area contributed by atoms with E-state index in [9.17, 15) is 31.1 Å². The lowest BCUT2D eigenvalue weighted by atomic mass is 9.99. The molecule has 3 aromatic rings. The number of halogens is 6. The summed E-state index contributed by atoms with van der Waals surface area (Å²) in [6.45, 7) is 10.3. The molecule has 1 atom stereocenters. The molecule has 0 aliphatic heterocycles. The van der Waals surface area contributed by atoms with Gasteiger partial charge in [-0.3, -0.25) is 9.69 Å². The highest BCUT2D eigenvalue weighted by atomic mass is 31.0. The van der Waals surface area contributed by atoms with Gasteiger partial charge in [-0.15, -0.1) is 8.86 Å². The highest BCUT2D eigenvalue weighted by Gasteiger charge is 2.37. The SMILES string of the molecule is CC(=O)c1cc(C(F)(F)F)cc(C(F)(F)F)c1.CCCN(CC(=N)C(=P)CC)CC(C)Cc1c[nH]c2ccccc12. The van der Waals surface area contributed by atoms with Crippen molar-refractivity contribution in [3.05, 3.63) is 70.9 Å². The van der Waals surface area contributed by atoms with Gasteiger partial charge >= 0.3 is 12.4 Å². The molecule has 0 amide bonds. The lowest BCUT2D eigenvalue weighted by Gasteiger charge is -2.26. The van der Waals surface area contributed by atoms with Crippen LogP contribution < -0.4 is 0 Å². The second kappa shape index (κ2) is 14.8. The van der Waals surface area contributed by atoms with Crippen molar-refractivity contribution in [2.75, 3.05) is 19.6 Å². The summed E-state index contributed by atoms with van der Waals surface area (Å²) in [7, 11) is 3.58. The number of nitrogens with one attached hydrogen (secondary N) is 2. The first kappa shape index (κ1) is 34.2. The Labute approximate surface area is 238 Å². The average Bonchev–Trinajstić information content (AvgIpc) is 3.29. The molecule has 4 nitrogen and oxygen atoms in total. The van der Waals surface area contributed by atoms with Crippen molar-refractivity contribution >= 4 is 36.6 Å². The molecule has 1 unspecified atom stereocenters. The minimum absolute atomic E-state index is 0.0214. The zero-order valence-corrected chi connectivity index (χ0v) is 24.6. The van der Waals surface area contributed by atoms with Crippen molar-refractivity contribution in [2.45, 2.75) is 59.3 Å². The monoisotopic (exact) mass is 599 g/mol. The number of aromatic nitrogens is 1. The van der Waals surface area contributed by atoms with E-state index in [0.717, 1.165) is 51.1 Å². The number of carbonyl (C=O) groups excluding carboxylic acids is 1. The Hall–Kier alpha value is -2.97. The number of Topliss-reactive ketones (excluding diaryl/α,β-unsaturated/α-hetero) is 1. The summed E-state index contributed by atoms with van der Waals surface area (Å²) in [4.78, 5) is 16.7. The van der Waals surface area contributed by atoms with Crippen LogP contribution in [0.2, 0.25) is 0 Å². The van der Waals surface area contributed by atoms with Gasteiger partial charge in [-0.2, -0.15) is 26.3 Å². The van der Waals surface area contributed by atoms with Crippen molar-refractivity contribution in [2.24, 2.45) is 5.92 Å². The minimum Gasteiger partial charge on any atom is -0.361 e. The molecule has 0 radical (unpaired) electrons. The quantitative estimate of drug-likeness (QED) is 0.100. The molecule has 41 heavy (non-hydrogen) atoms. The van der Waals surface area contributed by atoms with Gasteiger partial charge in [0, 0.05) is 35.8 Å². The molecule has 1 heterocycles. The third kappa shape index (κ3) is 10.4. The fraction of sp³-hybridized carbons (Fsp3) is 0.433. The molecule has 2 aromatic carbocycles. The maximum Gasteiger partial charge on any atom is 0.416 e. The number of ketones is 1. The van der Waals surface area contributed by atoms with E-state index in [1.54, 1.807) is 0 Å². The zero-order valence-electron chi connectivity index (χ0n) is 23.6. The van der Waals surface area contributed by atoms with Gasteiger partial charge in [0.15, 0.2) is 5.78 Å². The zero-order chi connectivity index (χ0) is 31.0. The van der Waals surface area contributed by atoms with Crippen LogP contribution >= 0.6 is 8.86 Å². The third-order valence-corrected chi connectivity index (χ3v) is 7.10. The normalized spacial score (nSPS) is 12.7. The maximum absolute atomic E-state index is 12.3. The van der Waals surface area contributed by atoms with Crippen LogP contribution in [0.25, 0.3) is 10.9 Å². The second-order valence-corrected chi connectivity index (χ2v) is 10.7. The van der Waals surface area contributed by atoms with E-state index in [2.05, 4.69) is 70.0 Å². The number of hydrogen-bond acceptors (Lipinski definition) is 3. The first-order valence-electron chi connectivity index (χ1n) is 13.3. The molecule has 0 saturated carbocycles. The minimum atomic E-state index is -4.93. The van der Waals surface area contributed by atoms with E-state index in [0.29, 0.717) is 23.8 Å². The van der Waals surface area contributed by atoms with Gasteiger partial charge in [0.05, 0.1) is 16.8 Å². The lowest BCUT2D eigenvalue weighted by molar-refractivity contribution is -0.143. The number of alkyl halides is 6. The number of aromatic amines is 1. The number of rotatable bonds is 11. The van der Waals surface area contributed by atoms with Crippen LogP contribution in [-0.4, -0.2) is 46.3 Å². The second-order valence-electron chi connectivity index (χ2n) is 10.1. The van der Waals surface area contributed by atoms with E-state index in [1.807, 2.05) is 0 Å². The molecular formula is C30H36F6N3OP. The Morgan fingerprint density at radius 3 is 2.12 bits per heavy atom. The van der Waals surface area contributed by atoms with E-state index < -0.39 is 34.8 Å². The average molecular weight is 600 g/mol. The van der Waals surface area contributed by atoms with Crippen LogP contribution in [0.5, 0.6) is 0 Å². The van der Waals surface area contributed by atoms with Gasteiger partial charge in [-0.1, -0.05) is 39.0 Å². The van der Waals surface area contributed by atoms with Crippen LogP contribution in [0, 0.1) is 11.3 Å². The third-order valence-electron chi connectivity index (χ3n) is 6.45. The standard InChI is InChI=1S/C20H30N3P.C10H6F6O/c1-4-10-23(14-18(21)20(24)5-2)13-15(3)11-16-12-22-19-9-7-6-8-17(16)19;1-5(17)6-2-7(9(11,12)13)4-8(3-6)10(14,15)16/h6-9,12,15,21-22,24H,4-5,10-11,13-14H2,1-3H3;2-4H,1H3. The number of carbonyl (C=O) groups is 1. The maximum atomic E-state index is 12.3. The van der Waals surface area contributed by atoms with Gasteiger partial charge in [-0.25, -0.2) is 0 Å². The predicted octanol–water partition coefficient (Wildman–Crippen LogP) is 8.73. The Bertz CT molecular complexity index is 1310.